The standard InChI is InChI=1S/C17H16N6O2.C16H16N8O/c1-10(2)17-21-15(22-25-17)11-6-12(8-13(24)7-11)20-16-14-4-3-5-23(14)19-9-18-16;1-10(2)24-21-15(20-22-24)11-6-12(8-13(25)7-11)19-16-14-4-3-5-23(14)18-9-17-16/h3-10,24H,1-2H3,(H,18,19,20);3-10,25H,1-2H3,(H,17,18,19). The molecule has 0 atom stereocenters. The molecule has 0 aliphatic carbocycles. The van der Waals surface area contributed by atoms with Crippen molar-refractivity contribution >= 4 is 34.0 Å². The summed E-state index contributed by atoms with van der Waals surface area (Å²) in [6, 6.07) is 17.8. The molecule has 6 heterocycles. The minimum atomic E-state index is 0.0938. The van der Waals surface area contributed by atoms with Gasteiger partial charge >= 0.3 is 0 Å². The summed E-state index contributed by atoms with van der Waals surface area (Å²) in [6.45, 7) is 7.90. The maximum Gasteiger partial charge on any atom is 0.229 e. The summed E-state index contributed by atoms with van der Waals surface area (Å²) in [6.07, 6.45) is 6.61. The topological polar surface area (TPSA) is 207 Å². The summed E-state index contributed by atoms with van der Waals surface area (Å²) in [5.41, 5.74) is 4.30. The zero-order valence-corrected chi connectivity index (χ0v) is 27.4. The molecule has 0 aliphatic heterocycles. The van der Waals surface area contributed by atoms with Crippen LogP contribution in [0.2, 0.25) is 0 Å². The van der Waals surface area contributed by atoms with E-state index in [4.69, 9.17) is 4.52 Å². The second-order valence-electron chi connectivity index (χ2n) is 11.8. The third kappa shape index (κ3) is 6.73. The number of phenolic OH excluding ortho intramolecular Hbond substituents is 2. The molecule has 252 valence electrons. The number of hydrogen-bond acceptors (Lipinski definition) is 14. The molecule has 8 rings (SSSR count). The number of benzene rings is 2. The molecule has 8 aromatic rings. The molecular weight excluding hydrogens is 640 g/mol. The van der Waals surface area contributed by atoms with Crippen LogP contribution in [0.5, 0.6) is 11.5 Å². The van der Waals surface area contributed by atoms with Crippen molar-refractivity contribution in [3.8, 4) is 34.3 Å². The van der Waals surface area contributed by atoms with Crippen LogP contribution in [0.4, 0.5) is 23.0 Å². The second-order valence-corrected chi connectivity index (χ2v) is 11.8. The van der Waals surface area contributed by atoms with Crippen LogP contribution in [0.1, 0.15) is 45.5 Å². The molecule has 0 spiro atoms. The van der Waals surface area contributed by atoms with E-state index < -0.39 is 0 Å². The molecule has 17 heteroatoms. The minimum absolute atomic E-state index is 0.0938. The van der Waals surface area contributed by atoms with Gasteiger partial charge in [-0.3, -0.25) is 0 Å². The molecule has 2 aromatic carbocycles. The molecule has 0 amide bonds. The summed E-state index contributed by atoms with van der Waals surface area (Å²) in [7, 11) is 0. The van der Waals surface area contributed by atoms with Gasteiger partial charge in [0.2, 0.25) is 17.5 Å². The largest absolute Gasteiger partial charge is 0.508 e. The number of nitrogens with zero attached hydrogens (tertiary/aromatic N) is 12. The van der Waals surface area contributed by atoms with E-state index in [-0.39, 0.29) is 23.5 Å². The Bertz CT molecular complexity index is 2240. The molecule has 50 heavy (non-hydrogen) atoms. The van der Waals surface area contributed by atoms with Gasteiger partial charge in [-0.05, 0) is 67.6 Å². The van der Waals surface area contributed by atoms with Gasteiger partial charge in [-0.25, -0.2) is 19.0 Å². The molecule has 0 fully saturated rings. The summed E-state index contributed by atoms with van der Waals surface area (Å²) in [5, 5.41) is 51.2. The Hall–Kier alpha value is -6.91. The Morgan fingerprint density at radius 1 is 0.720 bits per heavy atom. The Kier molecular flexibility index (Phi) is 8.43. The first-order valence-corrected chi connectivity index (χ1v) is 15.6. The Morgan fingerprint density at radius 3 is 1.78 bits per heavy atom. The molecule has 6 aromatic heterocycles. The van der Waals surface area contributed by atoms with E-state index in [2.05, 4.69) is 56.4 Å². The van der Waals surface area contributed by atoms with Crippen LogP contribution in [-0.2, 0) is 0 Å². The zero-order valence-electron chi connectivity index (χ0n) is 27.4. The molecule has 17 nitrogen and oxygen atoms in total. The first kappa shape index (κ1) is 31.7. The van der Waals surface area contributed by atoms with Gasteiger partial charge in [0, 0.05) is 52.9 Å². The van der Waals surface area contributed by atoms with Crippen LogP contribution in [0.15, 0.2) is 90.2 Å². The summed E-state index contributed by atoms with van der Waals surface area (Å²) < 4.78 is 8.67. The van der Waals surface area contributed by atoms with E-state index in [0.29, 0.717) is 51.7 Å². The van der Waals surface area contributed by atoms with Gasteiger partial charge in [0.1, 0.15) is 35.2 Å². The average molecular weight is 673 g/mol. The number of hydrogen-bond donors (Lipinski definition) is 4. The number of aromatic nitrogens is 12. The summed E-state index contributed by atoms with van der Waals surface area (Å²) in [5.74, 6) is 3.03. The van der Waals surface area contributed by atoms with E-state index in [0.717, 1.165) is 11.0 Å². The smallest absolute Gasteiger partial charge is 0.229 e. The number of phenols is 2. The van der Waals surface area contributed by atoms with Gasteiger partial charge < -0.3 is 25.4 Å². The van der Waals surface area contributed by atoms with E-state index in [1.807, 2.05) is 76.5 Å². The SMILES string of the molecule is CC(C)c1nc(-c2cc(O)cc(Nc3ncnn4cccc34)c2)no1.CC(C)n1nnc(-c2cc(O)cc(Nc3ncnn4cccc34)c2)n1. The lowest BCUT2D eigenvalue weighted by molar-refractivity contribution is 0.365. The first-order valence-electron chi connectivity index (χ1n) is 15.6. The van der Waals surface area contributed by atoms with Crippen molar-refractivity contribution in [2.75, 3.05) is 10.6 Å². The van der Waals surface area contributed by atoms with Crippen LogP contribution < -0.4 is 10.6 Å². The molecule has 0 saturated heterocycles. The lowest BCUT2D eigenvalue weighted by atomic mass is 10.1. The van der Waals surface area contributed by atoms with Gasteiger partial charge in [-0.1, -0.05) is 19.0 Å². The zero-order chi connectivity index (χ0) is 34.8. The second kappa shape index (κ2) is 13.3. The first-order chi connectivity index (χ1) is 24.2. The third-order valence-corrected chi connectivity index (χ3v) is 7.37. The quantitative estimate of drug-likeness (QED) is 0.151. The highest BCUT2D eigenvalue weighted by Crippen LogP contribution is 2.30. The number of nitrogens with one attached hydrogen (secondary N) is 2. The monoisotopic (exact) mass is 672 g/mol. The highest BCUT2D eigenvalue weighted by Gasteiger charge is 2.15. The van der Waals surface area contributed by atoms with Crippen LogP contribution in [0.25, 0.3) is 33.8 Å². The van der Waals surface area contributed by atoms with Crippen molar-refractivity contribution in [1.82, 2.24) is 59.5 Å². The highest BCUT2D eigenvalue weighted by molar-refractivity contribution is 5.77. The van der Waals surface area contributed by atoms with Crippen LogP contribution in [0.3, 0.4) is 0 Å². The van der Waals surface area contributed by atoms with Gasteiger partial charge in [-0.2, -0.15) is 20.0 Å². The van der Waals surface area contributed by atoms with Crippen molar-refractivity contribution in [2.24, 2.45) is 0 Å². The van der Waals surface area contributed by atoms with Gasteiger partial charge in [0.05, 0.1) is 6.04 Å². The van der Waals surface area contributed by atoms with Crippen molar-refractivity contribution in [3.63, 3.8) is 0 Å². The number of rotatable bonds is 8. The van der Waals surface area contributed by atoms with Crippen molar-refractivity contribution in [1.29, 1.82) is 0 Å². The maximum absolute atomic E-state index is 10.1. The molecule has 0 aliphatic rings. The van der Waals surface area contributed by atoms with Gasteiger partial charge in [0.25, 0.3) is 0 Å². The number of anilines is 4. The molecule has 0 saturated carbocycles. The molecule has 4 N–H and O–H groups in total. The Balaban J connectivity index is 0.000000157. The van der Waals surface area contributed by atoms with E-state index in [9.17, 15) is 10.2 Å². The average Bonchev–Trinajstić information content (AvgIpc) is 3.92. The van der Waals surface area contributed by atoms with E-state index in [1.165, 1.54) is 17.5 Å². The summed E-state index contributed by atoms with van der Waals surface area (Å²) >= 11 is 0. The highest BCUT2D eigenvalue weighted by atomic mass is 16.5. The fraction of sp³-hybridized carbons (Fsp3) is 0.182. The lowest BCUT2D eigenvalue weighted by Crippen LogP contribution is -2.04. The van der Waals surface area contributed by atoms with Gasteiger partial charge in [-0.15, -0.1) is 10.2 Å². The van der Waals surface area contributed by atoms with Gasteiger partial charge in [0.15, 0.2) is 11.6 Å². The molecule has 0 bridgehead atoms. The maximum atomic E-state index is 10.1. The van der Waals surface area contributed by atoms with Crippen molar-refractivity contribution in [3.05, 3.63) is 91.6 Å². The predicted octanol–water partition coefficient (Wildman–Crippen LogP) is 5.76. The fourth-order valence-electron chi connectivity index (χ4n) is 4.97. The van der Waals surface area contributed by atoms with Crippen LogP contribution >= 0.6 is 0 Å². The van der Waals surface area contributed by atoms with Crippen LogP contribution in [0, 0.1) is 0 Å². The lowest BCUT2D eigenvalue weighted by Gasteiger charge is -2.09. The molecular formula is C33H32N14O3. The Labute approximate surface area is 284 Å². The number of tetrazole rings is 1. The van der Waals surface area contributed by atoms with Crippen LogP contribution in [-0.4, -0.2) is 69.8 Å². The summed E-state index contributed by atoms with van der Waals surface area (Å²) in [4.78, 5) is 14.4. The van der Waals surface area contributed by atoms with E-state index >= 15 is 0 Å². The number of fused-ring (bicyclic) bond motifs is 2. The normalized spacial score (nSPS) is 11.3. The fourth-order valence-corrected chi connectivity index (χ4v) is 4.97. The third-order valence-electron chi connectivity index (χ3n) is 7.37. The van der Waals surface area contributed by atoms with Crippen molar-refractivity contribution in [2.45, 2.75) is 39.7 Å². The number of aromatic hydroxyl groups is 2. The van der Waals surface area contributed by atoms with Crippen molar-refractivity contribution < 1.29 is 14.7 Å². The van der Waals surface area contributed by atoms with E-state index in [1.54, 1.807) is 33.3 Å². The predicted molar refractivity (Wildman–Crippen MR) is 183 cm³/mol. The Morgan fingerprint density at radius 2 is 1.28 bits per heavy atom. The molecule has 0 radical (unpaired) electrons. The minimum Gasteiger partial charge on any atom is -0.508 e. The molecule has 0 unspecified atom stereocenters.